The van der Waals surface area contributed by atoms with Gasteiger partial charge < -0.3 is 15.4 Å². The molecule has 1 saturated heterocycles. The number of anilines is 1. The molecule has 17 heavy (non-hydrogen) atoms. The summed E-state index contributed by atoms with van der Waals surface area (Å²) in [4.78, 5) is 13.3. The third-order valence-electron chi connectivity index (χ3n) is 2.63. The molecule has 2 rings (SSSR count). The van der Waals surface area contributed by atoms with Gasteiger partial charge in [0.1, 0.15) is 11.4 Å². The van der Waals surface area contributed by atoms with Gasteiger partial charge in [-0.25, -0.2) is 8.78 Å². The zero-order chi connectivity index (χ0) is 12.4. The maximum Gasteiger partial charge on any atom is 0.260 e. The smallest absolute Gasteiger partial charge is 0.260 e. The summed E-state index contributed by atoms with van der Waals surface area (Å²) in [6, 6.07) is 2.09. The van der Waals surface area contributed by atoms with Crippen LogP contribution in [0.1, 0.15) is 10.4 Å². The number of hydrogen-bond donors (Lipinski definition) is 1. The SMILES string of the molecule is Nc1ccc(F)c(C(=O)N2CCOCC2)c1F. The summed E-state index contributed by atoms with van der Waals surface area (Å²) in [5.74, 6) is -2.58. The summed E-state index contributed by atoms with van der Waals surface area (Å²) in [6.07, 6.45) is 0. The fourth-order valence-corrected chi connectivity index (χ4v) is 1.69. The van der Waals surface area contributed by atoms with Crippen molar-refractivity contribution >= 4 is 11.6 Å². The van der Waals surface area contributed by atoms with Gasteiger partial charge in [-0.2, -0.15) is 0 Å². The zero-order valence-electron chi connectivity index (χ0n) is 9.08. The third kappa shape index (κ3) is 2.21. The minimum atomic E-state index is -0.999. The molecule has 1 amide bonds. The van der Waals surface area contributed by atoms with Crippen molar-refractivity contribution in [2.45, 2.75) is 0 Å². The molecule has 0 saturated carbocycles. The van der Waals surface area contributed by atoms with E-state index in [1.54, 1.807) is 0 Å². The van der Waals surface area contributed by atoms with Gasteiger partial charge in [0.2, 0.25) is 0 Å². The number of morpholine rings is 1. The standard InChI is InChI=1S/C11H12F2N2O2/c12-7-1-2-8(14)10(13)9(7)11(16)15-3-5-17-6-4-15/h1-2H,3-6,14H2. The van der Waals surface area contributed by atoms with Crippen molar-refractivity contribution in [2.24, 2.45) is 0 Å². The Morgan fingerprint density at radius 1 is 1.29 bits per heavy atom. The predicted molar refractivity (Wildman–Crippen MR) is 57.5 cm³/mol. The Hall–Kier alpha value is -1.69. The van der Waals surface area contributed by atoms with Gasteiger partial charge in [-0.3, -0.25) is 4.79 Å². The Labute approximate surface area is 97.0 Å². The fourth-order valence-electron chi connectivity index (χ4n) is 1.69. The summed E-state index contributed by atoms with van der Waals surface area (Å²) in [5, 5.41) is 0. The number of rotatable bonds is 1. The van der Waals surface area contributed by atoms with Crippen molar-refractivity contribution in [3.63, 3.8) is 0 Å². The lowest BCUT2D eigenvalue weighted by Crippen LogP contribution is -2.41. The van der Waals surface area contributed by atoms with Gasteiger partial charge in [0, 0.05) is 13.1 Å². The largest absolute Gasteiger partial charge is 0.396 e. The topological polar surface area (TPSA) is 55.6 Å². The molecule has 0 atom stereocenters. The fraction of sp³-hybridized carbons (Fsp3) is 0.364. The van der Waals surface area contributed by atoms with Crippen LogP contribution in [-0.4, -0.2) is 37.1 Å². The number of carbonyl (C=O) groups excluding carboxylic acids is 1. The number of nitrogen functional groups attached to an aromatic ring is 1. The van der Waals surface area contributed by atoms with Crippen molar-refractivity contribution in [3.8, 4) is 0 Å². The van der Waals surface area contributed by atoms with E-state index < -0.39 is 23.1 Å². The molecule has 92 valence electrons. The van der Waals surface area contributed by atoms with E-state index in [-0.39, 0.29) is 5.69 Å². The average molecular weight is 242 g/mol. The zero-order valence-corrected chi connectivity index (χ0v) is 9.08. The van der Waals surface area contributed by atoms with Crippen LogP contribution >= 0.6 is 0 Å². The molecule has 0 bridgehead atoms. The van der Waals surface area contributed by atoms with E-state index in [0.717, 1.165) is 12.1 Å². The minimum absolute atomic E-state index is 0.233. The lowest BCUT2D eigenvalue weighted by Gasteiger charge is -2.27. The molecule has 1 heterocycles. The van der Waals surface area contributed by atoms with E-state index in [2.05, 4.69) is 0 Å². The van der Waals surface area contributed by atoms with Crippen LogP contribution in [0, 0.1) is 11.6 Å². The van der Waals surface area contributed by atoms with E-state index in [4.69, 9.17) is 10.5 Å². The quantitative estimate of drug-likeness (QED) is 0.748. The number of ether oxygens (including phenoxy) is 1. The molecule has 0 radical (unpaired) electrons. The van der Waals surface area contributed by atoms with Gasteiger partial charge in [0.15, 0.2) is 5.82 Å². The van der Waals surface area contributed by atoms with Crippen LogP contribution in [-0.2, 0) is 4.74 Å². The molecular weight excluding hydrogens is 230 g/mol. The highest BCUT2D eigenvalue weighted by Gasteiger charge is 2.25. The van der Waals surface area contributed by atoms with Gasteiger partial charge in [0.25, 0.3) is 5.91 Å². The highest BCUT2D eigenvalue weighted by Crippen LogP contribution is 2.20. The Bertz CT molecular complexity index is 445. The molecule has 1 aromatic rings. The summed E-state index contributed by atoms with van der Waals surface area (Å²) >= 11 is 0. The minimum Gasteiger partial charge on any atom is -0.396 e. The molecule has 0 aliphatic carbocycles. The third-order valence-corrected chi connectivity index (χ3v) is 2.63. The van der Waals surface area contributed by atoms with E-state index in [1.807, 2.05) is 0 Å². The molecule has 1 aliphatic rings. The molecule has 1 aliphatic heterocycles. The van der Waals surface area contributed by atoms with Gasteiger partial charge >= 0.3 is 0 Å². The highest BCUT2D eigenvalue weighted by molar-refractivity contribution is 5.95. The second-order valence-corrected chi connectivity index (χ2v) is 3.73. The van der Waals surface area contributed by atoms with Crippen LogP contribution in [0.5, 0.6) is 0 Å². The maximum absolute atomic E-state index is 13.6. The second kappa shape index (κ2) is 4.67. The van der Waals surface area contributed by atoms with Gasteiger partial charge in [0.05, 0.1) is 18.9 Å². The molecule has 4 nitrogen and oxygen atoms in total. The van der Waals surface area contributed by atoms with Crippen LogP contribution < -0.4 is 5.73 Å². The number of amides is 1. The monoisotopic (exact) mass is 242 g/mol. The second-order valence-electron chi connectivity index (χ2n) is 3.73. The summed E-state index contributed by atoms with van der Waals surface area (Å²) in [7, 11) is 0. The first-order valence-corrected chi connectivity index (χ1v) is 5.21. The van der Waals surface area contributed by atoms with Gasteiger partial charge in [-0.15, -0.1) is 0 Å². The van der Waals surface area contributed by atoms with Crippen molar-refractivity contribution in [2.75, 3.05) is 32.0 Å². The van der Waals surface area contributed by atoms with Crippen molar-refractivity contribution in [3.05, 3.63) is 29.3 Å². The van der Waals surface area contributed by atoms with Gasteiger partial charge in [-0.05, 0) is 12.1 Å². The predicted octanol–water partition coefficient (Wildman–Crippen LogP) is 1.02. The summed E-state index contributed by atoms with van der Waals surface area (Å²) in [6.45, 7) is 1.40. The molecule has 0 spiro atoms. The maximum atomic E-state index is 13.6. The van der Waals surface area contributed by atoms with E-state index >= 15 is 0 Å². The molecule has 1 aromatic carbocycles. The Morgan fingerprint density at radius 2 is 1.94 bits per heavy atom. The van der Waals surface area contributed by atoms with Crippen LogP contribution in [0.25, 0.3) is 0 Å². The molecule has 0 aromatic heterocycles. The van der Waals surface area contributed by atoms with Crippen LogP contribution in [0.4, 0.5) is 14.5 Å². The Kier molecular flexibility index (Phi) is 3.23. The Morgan fingerprint density at radius 3 is 2.59 bits per heavy atom. The summed E-state index contributed by atoms with van der Waals surface area (Å²) in [5.41, 5.74) is 4.50. The van der Waals surface area contributed by atoms with Gasteiger partial charge in [-0.1, -0.05) is 0 Å². The van der Waals surface area contributed by atoms with Crippen molar-refractivity contribution in [1.29, 1.82) is 0 Å². The molecule has 2 N–H and O–H groups in total. The number of hydrogen-bond acceptors (Lipinski definition) is 3. The number of carbonyl (C=O) groups is 1. The first kappa shape index (κ1) is 11.8. The van der Waals surface area contributed by atoms with E-state index in [9.17, 15) is 13.6 Å². The first-order chi connectivity index (χ1) is 8.11. The highest BCUT2D eigenvalue weighted by atomic mass is 19.1. The average Bonchev–Trinajstić information content (AvgIpc) is 2.35. The number of nitrogens with zero attached hydrogens (tertiary/aromatic N) is 1. The molecule has 1 fully saturated rings. The van der Waals surface area contributed by atoms with E-state index in [0.29, 0.717) is 26.3 Å². The molecular formula is C11H12F2N2O2. The van der Waals surface area contributed by atoms with Crippen LogP contribution in [0.15, 0.2) is 12.1 Å². The number of nitrogens with two attached hydrogens (primary N) is 1. The first-order valence-electron chi connectivity index (χ1n) is 5.21. The normalized spacial score (nSPS) is 16.0. The molecule has 6 heteroatoms. The molecule has 0 unspecified atom stereocenters. The van der Waals surface area contributed by atoms with Crippen molar-refractivity contribution < 1.29 is 18.3 Å². The van der Waals surface area contributed by atoms with Crippen molar-refractivity contribution in [1.82, 2.24) is 4.90 Å². The van der Waals surface area contributed by atoms with Crippen LogP contribution in [0.2, 0.25) is 0 Å². The van der Waals surface area contributed by atoms with E-state index in [1.165, 1.54) is 4.90 Å². The lowest BCUT2D eigenvalue weighted by molar-refractivity contribution is 0.0296. The Balaban J connectivity index is 2.32. The lowest BCUT2D eigenvalue weighted by atomic mass is 10.1. The number of halogens is 2. The van der Waals surface area contributed by atoms with Crippen LogP contribution in [0.3, 0.4) is 0 Å². The summed E-state index contributed by atoms with van der Waals surface area (Å²) < 4.78 is 32.1. The number of benzene rings is 1.